The molecule has 3 heterocycles. The van der Waals surface area contributed by atoms with Crippen LogP contribution in [-0.4, -0.2) is 39.7 Å². The lowest BCUT2D eigenvalue weighted by Crippen LogP contribution is -2.16. The number of methoxy groups -OCH3 is 1. The van der Waals surface area contributed by atoms with Crippen LogP contribution >= 0.6 is 11.8 Å². The summed E-state index contributed by atoms with van der Waals surface area (Å²) in [6, 6.07) is 7.91. The smallest absolute Gasteiger partial charge is 0.191 e. The molecule has 0 radical (unpaired) electrons. The number of hydrogen-bond donors (Lipinski definition) is 0. The van der Waals surface area contributed by atoms with E-state index >= 15 is 0 Å². The van der Waals surface area contributed by atoms with Gasteiger partial charge in [-0.2, -0.15) is 0 Å². The van der Waals surface area contributed by atoms with E-state index in [2.05, 4.69) is 19.9 Å². The predicted molar refractivity (Wildman–Crippen MR) is 107 cm³/mol. The molecule has 1 saturated heterocycles. The topological polar surface area (TPSA) is 75.2 Å². The molecule has 0 bridgehead atoms. The zero-order chi connectivity index (χ0) is 19.5. The molecule has 1 atom stereocenters. The third kappa shape index (κ3) is 3.93. The third-order valence-electron chi connectivity index (χ3n) is 5.00. The molecular weight excluding hydrogens is 376 g/mol. The van der Waals surface area contributed by atoms with Gasteiger partial charge in [0, 0.05) is 23.5 Å². The van der Waals surface area contributed by atoms with Crippen molar-refractivity contribution < 1.29 is 14.0 Å². The molecule has 1 aliphatic heterocycles. The number of rotatable bonds is 7. The fraction of sp³-hybridized carbons (Fsp3) is 0.450. The van der Waals surface area contributed by atoms with E-state index in [4.69, 9.17) is 14.0 Å². The van der Waals surface area contributed by atoms with Crippen molar-refractivity contribution in [3.63, 3.8) is 0 Å². The largest absolute Gasteiger partial charge is 0.497 e. The second-order valence-corrected chi connectivity index (χ2v) is 7.81. The molecule has 2 aromatic heterocycles. The summed E-state index contributed by atoms with van der Waals surface area (Å²) in [5, 5.41) is 13.9. The fourth-order valence-corrected chi connectivity index (χ4v) is 4.45. The zero-order valence-electron chi connectivity index (χ0n) is 16.3. The third-order valence-corrected chi connectivity index (χ3v) is 6.00. The molecule has 1 aromatic carbocycles. The van der Waals surface area contributed by atoms with Crippen molar-refractivity contribution in [1.29, 1.82) is 0 Å². The van der Waals surface area contributed by atoms with E-state index < -0.39 is 0 Å². The Bertz CT molecular complexity index is 910. The number of hydrogen-bond acceptors (Lipinski definition) is 7. The number of nitrogens with zero attached hydrogens (tertiary/aromatic N) is 4. The molecule has 28 heavy (non-hydrogen) atoms. The minimum Gasteiger partial charge on any atom is -0.497 e. The molecule has 0 spiro atoms. The van der Waals surface area contributed by atoms with E-state index in [1.807, 2.05) is 38.1 Å². The number of aromatic nitrogens is 4. The Labute approximate surface area is 168 Å². The Hall–Kier alpha value is -2.32. The number of thioether (sulfide) groups is 1. The lowest BCUT2D eigenvalue weighted by Gasteiger charge is -2.15. The van der Waals surface area contributed by atoms with Gasteiger partial charge < -0.3 is 14.0 Å². The van der Waals surface area contributed by atoms with Crippen LogP contribution in [0.5, 0.6) is 5.75 Å². The van der Waals surface area contributed by atoms with Crippen LogP contribution in [-0.2, 0) is 17.0 Å². The second kappa shape index (κ2) is 8.36. The van der Waals surface area contributed by atoms with Crippen molar-refractivity contribution in [3.05, 3.63) is 41.3 Å². The lowest BCUT2D eigenvalue weighted by molar-refractivity contribution is 0.0953. The van der Waals surface area contributed by atoms with Crippen molar-refractivity contribution >= 4 is 11.8 Å². The van der Waals surface area contributed by atoms with Gasteiger partial charge >= 0.3 is 0 Å². The van der Waals surface area contributed by atoms with Crippen LogP contribution in [0.2, 0.25) is 0 Å². The Balaban J connectivity index is 1.62. The van der Waals surface area contributed by atoms with Gasteiger partial charge in [0.05, 0.1) is 25.5 Å². The number of benzene rings is 1. The molecule has 1 aliphatic rings. The molecule has 148 valence electrons. The summed E-state index contributed by atoms with van der Waals surface area (Å²) < 4.78 is 18.6. The van der Waals surface area contributed by atoms with Crippen molar-refractivity contribution in [3.8, 4) is 17.1 Å². The Morgan fingerprint density at radius 1 is 1.21 bits per heavy atom. The molecule has 3 aromatic rings. The highest BCUT2D eigenvalue weighted by molar-refractivity contribution is 7.98. The minimum absolute atomic E-state index is 0.200. The monoisotopic (exact) mass is 400 g/mol. The van der Waals surface area contributed by atoms with Gasteiger partial charge in [-0.05, 0) is 51.0 Å². The zero-order valence-corrected chi connectivity index (χ0v) is 17.2. The van der Waals surface area contributed by atoms with Crippen molar-refractivity contribution in [2.45, 2.75) is 50.2 Å². The average molecular weight is 401 g/mol. The van der Waals surface area contributed by atoms with Gasteiger partial charge in [-0.3, -0.25) is 4.57 Å². The summed E-state index contributed by atoms with van der Waals surface area (Å²) >= 11 is 1.65. The summed E-state index contributed by atoms with van der Waals surface area (Å²) in [6.07, 6.45) is 2.37. The summed E-state index contributed by atoms with van der Waals surface area (Å²) in [6.45, 7) is 5.48. The molecule has 1 unspecified atom stereocenters. The van der Waals surface area contributed by atoms with Gasteiger partial charge in [0.15, 0.2) is 11.0 Å². The molecule has 0 N–H and O–H groups in total. The maximum atomic E-state index is 5.87. The van der Waals surface area contributed by atoms with Gasteiger partial charge in [-0.25, -0.2) is 0 Å². The van der Waals surface area contributed by atoms with E-state index in [-0.39, 0.29) is 6.10 Å². The van der Waals surface area contributed by atoms with Crippen molar-refractivity contribution in [2.24, 2.45) is 0 Å². The van der Waals surface area contributed by atoms with Gasteiger partial charge in [-0.15, -0.1) is 10.2 Å². The molecule has 7 nitrogen and oxygen atoms in total. The SMILES string of the molecule is COc1ccc(-c2nnc(SCc3c(C)noc3C)n2CC2CCCO2)cc1. The van der Waals surface area contributed by atoms with E-state index in [9.17, 15) is 0 Å². The van der Waals surface area contributed by atoms with Gasteiger partial charge in [-0.1, -0.05) is 16.9 Å². The van der Waals surface area contributed by atoms with Crippen LogP contribution < -0.4 is 4.74 Å². The predicted octanol–water partition coefficient (Wildman–Crippen LogP) is 4.03. The number of ether oxygens (including phenoxy) is 2. The van der Waals surface area contributed by atoms with Crippen LogP contribution in [0.4, 0.5) is 0 Å². The van der Waals surface area contributed by atoms with Crippen LogP contribution in [0, 0.1) is 13.8 Å². The molecular formula is C20H24N4O3S. The summed E-state index contributed by atoms with van der Waals surface area (Å²) in [7, 11) is 1.67. The fourth-order valence-electron chi connectivity index (χ4n) is 3.35. The van der Waals surface area contributed by atoms with Crippen LogP contribution in [0.1, 0.15) is 29.9 Å². The minimum atomic E-state index is 0.200. The van der Waals surface area contributed by atoms with Gasteiger partial charge in [0.2, 0.25) is 0 Å². The van der Waals surface area contributed by atoms with E-state index in [0.717, 1.165) is 71.1 Å². The maximum Gasteiger partial charge on any atom is 0.191 e. The van der Waals surface area contributed by atoms with E-state index in [0.29, 0.717) is 0 Å². The molecule has 0 aliphatic carbocycles. The molecule has 4 rings (SSSR count). The van der Waals surface area contributed by atoms with Crippen molar-refractivity contribution in [1.82, 2.24) is 19.9 Å². The van der Waals surface area contributed by atoms with E-state index in [1.165, 1.54) is 0 Å². The van der Waals surface area contributed by atoms with Crippen LogP contribution in [0.3, 0.4) is 0 Å². The van der Waals surface area contributed by atoms with Crippen molar-refractivity contribution in [2.75, 3.05) is 13.7 Å². The quantitative estimate of drug-likeness (QED) is 0.554. The van der Waals surface area contributed by atoms with Crippen LogP contribution in [0.25, 0.3) is 11.4 Å². The first-order chi connectivity index (χ1) is 13.7. The second-order valence-electron chi connectivity index (χ2n) is 6.87. The lowest BCUT2D eigenvalue weighted by atomic mass is 10.2. The number of aryl methyl sites for hydroxylation is 2. The first kappa shape index (κ1) is 19.0. The maximum absolute atomic E-state index is 5.87. The Morgan fingerprint density at radius 3 is 2.68 bits per heavy atom. The van der Waals surface area contributed by atoms with Gasteiger partial charge in [0.25, 0.3) is 0 Å². The normalized spacial score (nSPS) is 16.6. The van der Waals surface area contributed by atoms with Gasteiger partial charge in [0.1, 0.15) is 11.5 Å². The summed E-state index contributed by atoms with van der Waals surface area (Å²) in [5.41, 5.74) is 3.05. The molecule has 8 heteroatoms. The first-order valence-electron chi connectivity index (χ1n) is 9.39. The molecule has 1 fully saturated rings. The van der Waals surface area contributed by atoms with Crippen LogP contribution in [0.15, 0.2) is 33.9 Å². The highest BCUT2D eigenvalue weighted by Gasteiger charge is 2.22. The highest BCUT2D eigenvalue weighted by Crippen LogP contribution is 2.30. The summed E-state index contributed by atoms with van der Waals surface area (Å²) in [5.74, 6) is 3.26. The highest BCUT2D eigenvalue weighted by atomic mass is 32.2. The first-order valence-corrected chi connectivity index (χ1v) is 10.4. The van der Waals surface area contributed by atoms with E-state index in [1.54, 1.807) is 18.9 Å². The average Bonchev–Trinajstić information content (AvgIpc) is 3.43. The standard InChI is InChI=1S/C20H24N4O3S/c1-13-18(14(2)27-23-13)12-28-20-22-21-19(15-6-8-16(25-3)9-7-15)24(20)11-17-5-4-10-26-17/h6-9,17H,4-5,10-12H2,1-3H3. The Morgan fingerprint density at radius 2 is 2.04 bits per heavy atom. The molecule has 0 amide bonds. The molecule has 0 saturated carbocycles. The summed E-state index contributed by atoms with van der Waals surface area (Å²) in [4.78, 5) is 0. The Kier molecular flexibility index (Phi) is 5.68.